The number of aliphatic imine (C=N–C) groups is 1. The number of nitrogens with two attached hydrogens (primary N) is 1. The van der Waals surface area contributed by atoms with Crippen LogP contribution in [0.4, 0.5) is 5.69 Å². The van der Waals surface area contributed by atoms with Gasteiger partial charge in [-0.1, -0.05) is 41.3 Å². The molecule has 24 heavy (non-hydrogen) atoms. The van der Waals surface area contributed by atoms with Gasteiger partial charge in [0.25, 0.3) is 0 Å². The lowest BCUT2D eigenvalue weighted by atomic mass is 9.96. The molecule has 5 nitrogen and oxygen atoms in total. The third-order valence-corrected chi connectivity index (χ3v) is 4.55. The molecule has 134 valence electrons. The fraction of sp³-hybridized carbons (Fsp3) is 0.529. The van der Waals surface area contributed by atoms with Crippen molar-refractivity contribution in [3.8, 4) is 0 Å². The number of rotatable bonds is 5. The highest BCUT2D eigenvalue weighted by molar-refractivity contribution is 14.0. The van der Waals surface area contributed by atoms with E-state index in [0.717, 1.165) is 28.6 Å². The minimum Gasteiger partial charge on any atom is -0.370 e. The molecule has 0 aliphatic heterocycles. The minimum atomic E-state index is -0.0552. The molecule has 0 atom stereocenters. The van der Waals surface area contributed by atoms with Crippen molar-refractivity contribution in [2.24, 2.45) is 10.7 Å². The van der Waals surface area contributed by atoms with Crippen molar-refractivity contribution in [3.05, 3.63) is 28.2 Å². The van der Waals surface area contributed by atoms with E-state index in [9.17, 15) is 4.79 Å². The molecule has 4 N–H and O–H groups in total. The molecule has 0 spiro atoms. The van der Waals surface area contributed by atoms with Crippen molar-refractivity contribution < 1.29 is 4.79 Å². The standard InChI is InChI=1S/C17H25BrN4O.HI/c1-12-7-8-13(18)11-15(12)22-16(23)9-10-20-17(19)21-14-5-3-2-4-6-14;/h7-8,11,14H,2-6,9-10H2,1H3,(H,22,23)(H3,19,20,21);1H. The number of hydrogen-bond acceptors (Lipinski definition) is 2. The lowest BCUT2D eigenvalue weighted by molar-refractivity contribution is -0.116. The Balaban J connectivity index is 0.00000288. The maximum atomic E-state index is 12.0. The first kappa shape index (κ1) is 21.2. The van der Waals surface area contributed by atoms with E-state index >= 15 is 0 Å². The van der Waals surface area contributed by atoms with Crippen LogP contribution in [-0.4, -0.2) is 24.5 Å². The zero-order valence-corrected chi connectivity index (χ0v) is 17.9. The highest BCUT2D eigenvalue weighted by Gasteiger charge is 2.13. The number of aryl methyl sites for hydroxylation is 1. The van der Waals surface area contributed by atoms with Crippen LogP contribution in [0.25, 0.3) is 0 Å². The Labute approximate surface area is 169 Å². The molecule has 0 radical (unpaired) electrons. The third kappa shape index (κ3) is 7.38. The lowest BCUT2D eigenvalue weighted by Crippen LogP contribution is -2.41. The molecule has 1 saturated carbocycles. The topological polar surface area (TPSA) is 79.5 Å². The van der Waals surface area contributed by atoms with E-state index in [1.807, 2.05) is 25.1 Å². The highest BCUT2D eigenvalue weighted by Crippen LogP contribution is 2.20. The molecule has 0 aromatic heterocycles. The van der Waals surface area contributed by atoms with Crippen molar-refractivity contribution in [3.63, 3.8) is 0 Å². The zero-order chi connectivity index (χ0) is 16.7. The lowest BCUT2D eigenvalue weighted by Gasteiger charge is -2.23. The third-order valence-electron chi connectivity index (χ3n) is 4.05. The van der Waals surface area contributed by atoms with E-state index in [1.165, 1.54) is 19.3 Å². The molecular formula is C17H26BrIN4O. The summed E-state index contributed by atoms with van der Waals surface area (Å²) in [6.45, 7) is 2.36. The van der Waals surface area contributed by atoms with Crippen LogP contribution in [0.2, 0.25) is 0 Å². The van der Waals surface area contributed by atoms with E-state index in [0.29, 0.717) is 25.0 Å². The van der Waals surface area contributed by atoms with E-state index in [-0.39, 0.29) is 29.9 Å². The number of nitrogens with one attached hydrogen (secondary N) is 2. The molecule has 1 aromatic rings. The second-order valence-corrected chi connectivity index (χ2v) is 6.92. The molecule has 1 amide bonds. The predicted molar refractivity (Wildman–Crippen MR) is 114 cm³/mol. The van der Waals surface area contributed by atoms with Crippen LogP contribution in [0.5, 0.6) is 0 Å². The van der Waals surface area contributed by atoms with Crippen LogP contribution in [0, 0.1) is 6.92 Å². The van der Waals surface area contributed by atoms with Gasteiger partial charge in [-0.3, -0.25) is 9.79 Å². The Morgan fingerprint density at radius 3 is 2.75 bits per heavy atom. The van der Waals surface area contributed by atoms with Gasteiger partial charge in [-0.15, -0.1) is 24.0 Å². The Kier molecular flexibility index (Phi) is 9.65. The van der Waals surface area contributed by atoms with Crippen molar-refractivity contribution >= 4 is 57.5 Å². The normalized spacial score (nSPS) is 15.5. The molecular weight excluding hydrogens is 483 g/mol. The maximum Gasteiger partial charge on any atom is 0.226 e. The monoisotopic (exact) mass is 508 g/mol. The average molecular weight is 509 g/mol. The number of anilines is 1. The summed E-state index contributed by atoms with van der Waals surface area (Å²) in [6.07, 6.45) is 6.43. The Bertz CT molecular complexity index is 574. The van der Waals surface area contributed by atoms with Gasteiger partial charge in [-0.25, -0.2) is 0 Å². The number of carbonyl (C=O) groups is 1. The summed E-state index contributed by atoms with van der Waals surface area (Å²) in [6, 6.07) is 6.25. The van der Waals surface area contributed by atoms with E-state index in [1.54, 1.807) is 0 Å². The van der Waals surface area contributed by atoms with Crippen molar-refractivity contribution in [2.75, 3.05) is 11.9 Å². The fourth-order valence-corrected chi connectivity index (χ4v) is 3.08. The summed E-state index contributed by atoms with van der Waals surface area (Å²) in [5, 5.41) is 6.16. The van der Waals surface area contributed by atoms with E-state index < -0.39 is 0 Å². The summed E-state index contributed by atoms with van der Waals surface area (Å²) in [5.41, 5.74) is 7.74. The summed E-state index contributed by atoms with van der Waals surface area (Å²) in [7, 11) is 0. The van der Waals surface area contributed by atoms with Crippen LogP contribution in [0.3, 0.4) is 0 Å². The van der Waals surface area contributed by atoms with Crippen LogP contribution in [0.1, 0.15) is 44.1 Å². The number of carbonyl (C=O) groups excluding carboxylic acids is 1. The number of benzene rings is 1. The smallest absolute Gasteiger partial charge is 0.226 e. The summed E-state index contributed by atoms with van der Waals surface area (Å²) >= 11 is 3.41. The van der Waals surface area contributed by atoms with Gasteiger partial charge in [-0.05, 0) is 37.5 Å². The van der Waals surface area contributed by atoms with Crippen molar-refractivity contribution in [1.29, 1.82) is 0 Å². The summed E-state index contributed by atoms with van der Waals surface area (Å²) in [5.74, 6) is 0.392. The zero-order valence-electron chi connectivity index (χ0n) is 14.0. The number of guanidine groups is 1. The molecule has 1 aromatic carbocycles. The number of amides is 1. The quantitative estimate of drug-likeness (QED) is 0.320. The molecule has 0 unspecified atom stereocenters. The number of hydrogen-bond donors (Lipinski definition) is 3. The molecule has 2 rings (SSSR count). The molecule has 0 saturated heterocycles. The SMILES string of the molecule is Cc1ccc(Br)cc1NC(=O)CCN=C(N)NC1CCCCC1.I. The van der Waals surface area contributed by atoms with Gasteiger partial charge < -0.3 is 16.4 Å². The van der Waals surface area contributed by atoms with Gasteiger partial charge in [0.1, 0.15) is 0 Å². The van der Waals surface area contributed by atoms with Gasteiger partial charge in [0.15, 0.2) is 5.96 Å². The molecule has 7 heteroatoms. The number of halogens is 2. The maximum absolute atomic E-state index is 12.0. The molecule has 1 fully saturated rings. The van der Waals surface area contributed by atoms with Gasteiger partial charge in [0.05, 0.1) is 6.54 Å². The summed E-state index contributed by atoms with van der Waals surface area (Å²) in [4.78, 5) is 16.2. The first-order valence-electron chi connectivity index (χ1n) is 8.17. The van der Waals surface area contributed by atoms with Crippen molar-refractivity contribution in [2.45, 2.75) is 51.5 Å². The van der Waals surface area contributed by atoms with Gasteiger partial charge in [0.2, 0.25) is 5.91 Å². The minimum absolute atomic E-state index is 0. The fourth-order valence-electron chi connectivity index (χ4n) is 2.72. The van der Waals surface area contributed by atoms with Crippen LogP contribution in [-0.2, 0) is 4.79 Å². The molecule has 0 bridgehead atoms. The number of nitrogens with zero attached hydrogens (tertiary/aromatic N) is 1. The first-order valence-corrected chi connectivity index (χ1v) is 8.96. The first-order chi connectivity index (χ1) is 11.0. The molecule has 1 aliphatic rings. The average Bonchev–Trinajstić information content (AvgIpc) is 2.52. The van der Waals surface area contributed by atoms with Crippen LogP contribution >= 0.6 is 39.9 Å². The Morgan fingerprint density at radius 1 is 1.33 bits per heavy atom. The summed E-state index contributed by atoms with van der Waals surface area (Å²) < 4.78 is 0.942. The predicted octanol–water partition coefficient (Wildman–Crippen LogP) is 3.94. The largest absolute Gasteiger partial charge is 0.370 e. The van der Waals surface area contributed by atoms with E-state index in [4.69, 9.17) is 5.73 Å². The van der Waals surface area contributed by atoms with Crippen LogP contribution in [0.15, 0.2) is 27.7 Å². The van der Waals surface area contributed by atoms with Gasteiger partial charge in [-0.2, -0.15) is 0 Å². The Morgan fingerprint density at radius 2 is 2.04 bits per heavy atom. The second kappa shape index (κ2) is 10.9. The van der Waals surface area contributed by atoms with E-state index in [2.05, 4.69) is 31.6 Å². The van der Waals surface area contributed by atoms with Gasteiger partial charge >= 0.3 is 0 Å². The Hall–Kier alpha value is -0.830. The molecule has 0 heterocycles. The van der Waals surface area contributed by atoms with Crippen molar-refractivity contribution in [1.82, 2.24) is 5.32 Å². The highest BCUT2D eigenvalue weighted by atomic mass is 127. The second-order valence-electron chi connectivity index (χ2n) is 6.00. The van der Waals surface area contributed by atoms with Crippen LogP contribution < -0.4 is 16.4 Å². The molecule has 1 aliphatic carbocycles. The van der Waals surface area contributed by atoms with Gasteiger partial charge in [0, 0.05) is 22.6 Å².